The topological polar surface area (TPSA) is 97.7 Å². The number of carbonyl (C=O) groups excluding carboxylic acids is 1. The quantitative estimate of drug-likeness (QED) is 0.509. The molecule has 5 aliphatic carbocycles. The molecule has 8 nitrogen and oxygen atoms in total. The highest BCUT2D eigenvalue weighted by Crippen LogP contribution is 2.79. The van der Waals surface area contributed by atoms with Crippen LogP contribution in [0.15, 0.2) is 24.3 Å². The fourth-order valence-corrected chi connectivity index (χ4v) is 11.5. The van der Waals surface area contributed by atoms with Crippen molar-refractivity contribution < 1.29 is 34.0 Å². The van der Waals surface area contributed by atoms with E-state index in [4.69, 9.17) is 18.9 Å². The van der Waals surface area contributed by atoms with E-state index < -0.39 is 23.8 Å². The van der Waals surface area contributed by atoms with E-state index in [1.54, 1.807) is 31.4 Å². The van der Waals surface area contributed by atoms with Gasteiger partial charge >= 0.3 is 5.97 Å². The number of piperidine rings is 1. The Kier molecular flexibility index (Phi) is 5.98. The van der Waals surface area contributed by atoms with Gasteiger partial charge in [-0.3, -0.25) is 4.90 Å². The van der Waals surface area contributed by atoms with Gasteiger partial charge in [-0.05, 0) is 68.3 Å². The molecule has 39 heavy (non-hydrogen) atoms. The third kappa shape index (κ3) is 3.16. The lowest BCUT2D eigenvalue weighted by Gasteiger charge is -2.69. The largest absolute Gasteiger partial charge is 0.497 e. The van der Waals surface area contributed by atoms with Crippen LogP contribution in [0, 0.1) is 40.4 Å². The minimum absolute atomic E-state index is 0.00549. The number of rotatable bonds is 7. The molecule has 0 aromatic heterocycles. The third-order valence-corrected chi connectivity index (χ3v) is 12.4. The zero-order chi connectivity index (χ0) is 27.3. The number of benzene rings is 1. The minimum atomic E-state index is -1.09. The molecule has 1 aliphatic heterocycles. The molecule has 6 fully saturated rings. The number of hydrogen-bond donors (Lipinski definition) is 2. The van der Waals surface area contributed by atoms with Gasteiger partial charge in [0, 0.05) is 61.8 Å². The van der Waals surface area contributed by atoms with Crippen LogP contribution in [0.5, 0.6) is 5.75 Å². The number of nitrogens with zero attached hydrogens (tertiary/aromatic N) is 1. The summed E-state index contributed by atoms with van der Waals surface area (Å²) >= 11 is 0. The van der Waals surface area contributed by atoms with Gasteiger partial charge in [0.25, 0.3) is 0 Å². The van der Waals surface area contributed by atoms with E-state index in [-0.39, 0.29) is 46.6 Å². The van der Waals surface area contributed by atoms with Gasteiger partial charge in [0.05, 0.1) is 37.1 Å². The Labute approximate surface area is 230 Å². The van der Waals surface area contributed by atoms with Crippen molar-refractivity contribution in [2.45, 2.75) is 69.0 Å². The van der Waals surface area contributed by atoms with Gasteiger partial charge in [0.15, 0.2) is 0 Å². The van der Waals surface area contributed by atoms with Crippen molar-refractivity contribution in [1.29, 1.82) is 0 Å². The molecule has 1 saturated heterocycles. The molecule has 8 heteroatoms. The zero-order valence-corrected chi connectivity index (χ0v) is 23.5. The molecule has 2 N–H and O–H groups in total. The minimum Gasteiger partial charge on any atom is -0.497 e. The fourth-order valence-electron chi connectivity index (χ4n) is 11.5. The molecule has 7 rings (SSSR count). The van der Waals surface area contributed by atoms with Crippen LogP contribution in [0.4, 0.5) is 0 Å². The SMILES string of the molecule is CCN1C[C@]2(COC)CC[C@H](OC)[C@@]34[C@@H]5C[C@H]6[C@H](O)[C@@H]5[C@](O)(C[C@@H]6OC(=O)c5ccc(OC)cc5)[C@@H](C[C@H]23)[C@@H]14. The number of methoxy groups -OCH3 is 3. The van der Waals surface area contributed by atoms with Gasteiger partial charge in [-0.25, -0.2) is 4.79 Å². The highest BCUT2D eigenvalue weighted by Gasteiger charge is 2.83. The van der Waals surface area contributed by atoms with Crippen LogP contribution in [0.2, 0.25) is 0 Å². The highest BCUT2D eigenvalue weighted by molar-refractivity contribution is 5.89. The van der Waals surface area contributed by atoms with Gasteiger partial charge < -0.3 is 29.2 Å². The van der Waals surface area contributed by atoms with Gasteiger partial charge in [-0.2, -0.15) is 0 Å². The summed E-state index contributed by atoms with van der Waals surface area (Å²) < 4.78 is 23.6. The molecule has 214 valence electrons. The normalized spacial score (nSPS) is 49.1. The molecule has 1 aromatic rings. The second-order valence-corrected chi connectivity index (χ2v) is 13.4. The molecule has 0 amide bonds. The number of fused-ring (bicyclic) bond motifs is 2. The Bertz CT molecular complexity index is 1130. The van der Waals surface area contributed by atoms with Crippen molar-refractivity contribution in [1.82, 2.24) is 4.90 Å². The van der Waals surface area contributed by atoms with E-state index >= 15 is 0 Å². The monoisotopic (exact) mass is 541 g/mol. The summed E-state index contributed by atoms with van der Waals surface area (Å²) in [6.45, 7) is 4.84. The summed E-state index contributed by atoms with van der Waals surface area (Å²) in [5, 5.41) is 24.6. The molecule has 0 radical (unpaired) electrons. The summed E-state index contributed by atoms with van der Waals surface area (Å²) in [6.07, 6.45) is 2.93. The van der Waals surface area contributed by atoms with Crippen LogP contribution >= 0.6 is 0 Å². The molecule has 0 unspecified atom stereocenters. The zero-order valence-electron chi connectivity index (χ0n) is 23.5. The number of ether oxygens (including phenoxy) is 4. The van der Waals surface area contributed by atoms with Crippen LogP contribution in [0.3, 0.4) is 0 Å². The lowest BCUT2D eigenvalue weighted by atomic mass is 9.43. The van der Waals surface area contributed by atoms with E-state index in [9.17, 15) is 15.0 Å². The van der Waals surface area contributed by atoms with Crippen molar-refractivity contribution in [2.24, 2.45) is 40.4 Å². The number of esters is 1. The highest BCUT2D eigenvalue weighted by atomic mass is 16.5. The molecule has 1 aromatic carbocycles. The second-order valence-electron chi connectivity index (χ2n) is 13.4. The van der Waals surface area contributed by atoms with E-state index in [1.165, 1.54) is 0 Å². The third-order valence-electron chi connectivity index (χ3n) is 12.4. The molecular formula is C31H43NO7. The maximum Gasteiger partial charge on any atom is 0.338 e. The Morgan fingerprint density at radius 1 is 1.13 bits per heavy atom. The van der Waals surface area contributed by atoms with Crippen LogP contribution in [0.1, 0.15) is 49.4 Å². The summed E-state index contributed by atoms with van der Waals surface area (Å²) in [4.78, 5) is 15.9. The predicted molar refractivity (Wildman–Crippen MR) is 142 cm³/mol. The molecule has 6 aliphatic rings. The smallest absolute Gasteiger partial charge is 0.338 e. The van der Waals surface area contributed by atoms with Crippen molar-refractivity contribution in [3.05, 3.63) is 29.8 Å². The molecule has 1 heterocycles. The second kappa shape index (κ2) is 8.89. The van der Waals surface area contributed by atoms with E-state index in [0.29, 0.717) is 23.7 Å². The average molecular weight is 542 g/mol. The van der Waals surface area contributed by atoms with Crippen molar-refractivity contribution >= 4 is 5.97 Å². The number of likely N-dealkylation sites (tertiary alicyclic amines) is 1. The maximum absolute atomic E-state index is 13.2. The Morgan fingerprint density at radius 3 is 2.56 bits per heavy atom. The van der Waals surface area contributed by atoms with Crippen LogP contribution in [0.25, 0.3) is 0 Å². The lowest BCUT2D eigenvalue weighted by Crippen LogP contribution is -2.76. The van der Waals surface area contributed by atoms with Gasteiger partial charge in [-0.15, -0.1) is 0 Å². The Morgan fingerprint density at radius 2 is 1.90 bits per heavy atom. The average Bonchev–Trinajstić information content (AvgIpc) is 3.37. The Hall–Kier alpha value is -1.71. The van der Waals surface area contributed by atoms with Gasteiger partial charge in [0.2, 0.25) is 0 Å². The summed E-state index contributed by atoms with van der Waals surface area (Å²) in [5.41, 5.74) is -0.760. The van der Waals surface area contributed by atoms with Crippen LogP contribution < -0.4 is 4.74 Å². The molecule has 5 saturated carbocycles. The molecule has 1 spiro atoms. The summed E-state index contributed by atoms with van der Waals surface area (Å²) in [7, 11) is 5.25. The first-order valence-corrected chi connectivity index (χ1v) is 14.8. The van der Waals surface area contributed by atoms with Crippen molar-refractivity contribution in [2.75, 3.05) is 41.0 Å². The Balaban J connectivity index is 1.29. The first-order valence-electron chi connectivity index (χ1n) is 14.8. The van der Waals surface area contributed by atoms with Gasteiger partial charge in [0.1, 0.15) is 11.9 Å². The van der Waals surface area contributed by atoms with E-state index in [0.717, 1.165) is 45.4 Å². The standard InChI is InChI=1S/C31H43NO7/c1-5-32-15-29(16-36-2)11-10-24(38-4)31-20-12-19-22(39-28(34)17-6-8-18(37-3)9-7-17)14-30(35,25(20)26(19)33)21(27(31)32)13-23(29)31/h6-9,19-27,33,35H,5,10-16H2,1-4H3/t19-,20-,21+,22+,23-,24+,25-,26+,27-,29+,30+,31-/m1/s1. The van der Waals surface area contributed by atoms with Gasteiger partial charge in [-0.1, -0.05) is 6.92 Å². The fraction of sp³-hybridized carbons (Fsp3) is 0.774. The first kappa shape index (κ1) is 26.2. The maximum atomic E-state index is 13.2. The summed E-state index contributed by atoms with van der Waals surface area (Å²) in [5.74, 6) is 0.328. The predicted octanol–water partition coefficient (Wildman–Crippen LogP) is 2.75. The van der Waals surface area contributed by atoms with Crippen molar-refractivity contribution in [3.8, 4) is 5.75 Å². The first-order chi connectivity index (χ1) is 18.8. The van der Waals surface area contributed by atoms with E-state index in [2.05, 4.69) is 11.8 Å². The van der Waals surface area contributed by atoms with Crippen LogP contribution in [-0.4, -0.2) is 92.1 Å². The molecular weight excluding hydrogens is 498 g/mol. The van der Waals surface area contributed by atoms with Crippen molar-refractivity contribution in [3.63, 3.8) is 0 Å². The number of hydrogen-bond acceptors (Lipinski definition) is 8. The lowest BCUT2D eigenvalue weighted by molar-refractivity contribution is -0.275. The molecule has 7 bridgehead atoms. The number of aliphatic hydroxyl groups excluding tert-OH is 1. The van der Waals surface area contributed by atoms with E-state index in [1.807, 2.05) is 14.2 Å². The number of carbonyl (C=O) groups is 1. The van der Waals surface area contributed by atoms with Crippen LogP contribution in [-0.2, 0) is 14.2 Å². The molecule has 12 atom stereocenters. The number of aliphatic hydroxyl groups is 2. The summed E-state index contributed by atoms with van der Waals surface area (Å²) in [6, 6.07) is 7.09.